The molecule has 7 heteroatoms. The highest BCUT2D eigenvalue weighted by Gasteiger charge is 2.29. The predicted octanol–water partition coefficient (Wildman–Crippen LogP) is 5.02. The smallest absolute Gasteiger partial charge is 0.233 e. The molecule has 4 aromatic rings. The highest BCUT2D eigenvalue weighted by atomic mass is 32.2. The van der Waals surface area contributed by atoms with Gasteiger partial charge < -0.3 is 4.74 Å². The van der Waals surface area contributed by atoms with Crippen LogP contribution in [0.15, 0.2) is 82.6 Å². The molecule has 0 atom stereocenters. The van der Waals surface area contributed by atoms with Crippen molar-refractivity contribution in [3.63, 3.8) is 0 Å². The molecule has 0 spiro atoms. The molecule has 0 bridgehead atoms. The maximum Gasteiger partial charge on any atom is 0.233 e. The Balaban J connectivity index is 2.08. The van der Waals surface area contributed by atoms with E-state index in [0.717, 1.165) is 24.3 Å². The highest BCUT2D eigenvalue weighted by Crippen LogP contribution is 2.38. The van der Waals surface area contributed by atoms with Crippen molar-refractivity contribution < 1.29 is 21.9 Å². The molecular formula is C22H15F2NO3S. The second-order valence-corrected chi connectivity index (χ2v) is 8.20. The van der Waals surface area contributed by atoms with Crippen LogP contribution in [0.25, 0.3) is 22.0 Å². The van der Waals surface area contributed by atoms with E-state index in [4.69, 9.17) is 4.74 Å². The molecule has 3 aromatic carbocycles. The molecule has 0 aliphatic heterocycles. The second-order valence-electron chi connectivity index (χ2n) is 6.31. The van der Waals surface area contributed by atoms with E-state index < -0.39 is 26.5 Å². The SMILES string of the molecule is COc1ccc(-c2c(S(=O)(=O)c3ccc(F)cc3)c(F)nc3ccccc23)cc1. The third-order valence-electron chi connectivity index (χ3n) is 4.58. The van der Waals surface area contributed by atoms with Gasteiger partial charge in [0.2, 0.25) is 15.8 Å². The Morgan fingerprint density at radius 3 is 2.17 bits per heavy atom. The van der Waals surface area contributed by atoms with E-state index >= 15 is 4.39 Å². The van der Waals surface area contributed by atoms with Gasteiger partial charge >= 0.3 is 0 Å². The number of benzene rings is 3. The number of sulfone groups is 1. The third-order valence-corrected chi connectivity index (χ3v) is 6.38. The van der Waals surface area contributed by atoms with Crippen LogP contribution in [0.1, 0.15) is 0 Å². The number of ether oxygens (including phenoxy) is 1. The number of hydrogen-bond acceptors (Lipinski definition) is 4. The number of rotatable bonds is 4. The molecule has 0 saturated heterocycles. The van der Waals surface area contributed by atoms with E-state index in [9.17, 15) is 12.8 Å². The van der Waals surface area contributed by atoms with Crippen LogP contribution in [0.2, 0.25) is 0 Å². The molecule has 0 aliphatic rings. The summed E-state index contributed by atoms with van der Waals surface area (Å²) in [6, 6.07) is 17.6. The molecule has 146 valence electrons. The van der Waals surface area contributed by atoms with Gasteiger partial charge in [-0.05, 0) is 48.0 Å². The summed E-state index contributed by atoms with van der Waals surface area (Å²) in [6.45, 7) is 0. The van der Waals surface area contributed by atoms with Gasteiger partial charge in [0.1, 0.15) is 16.5 Å². The number of nitrogens with zero attached hydrogens (tertiary/aromatic N) is 1. The van der Waals surface area contributed by atoms with Gasteiger partial charge in [-0.25, -0.2) is 17.8 Å². The van der Waals surface area contributed by atoms with Crippen molar-refractivity contribution in [1.82, 2.24) is 4.98 Å². The standard InChI is InChI=1S/C22H15F2NO3S/c1-28-16-10-6-14(7-11-16)20-18-4-2-3-5-19(18)25-22(24)21(20)29(26,27)17-12-8-15(23)9-13-17/h2-13H,1H3. The fourth-order valence-electron chi connectivity index (χ4n) is 3.19. The van der Waals surface area contributed by atoms with Gasteiger partial charge in [-0.15, -0.1) is 0 Å². The van der Waals surface area contributed by atoms with Crippen molar-refractivity contribution in [2.45, 2.75) is 9.79 Å². The third kappa shape index (κ3) is 3.34. The molecule has 1 aromatic heterocycles. The van der Waals surface area contributed by atoms with Crippen LogP contribution in [-0.2, 0) is 9.84 Å². The normalized spacial score (nSPS) is 11.6. The first-order valence-corrected chi connectivity index (χ1v) is 10.1. The van der Waals surface area contributed by atoms with E-state index in [1.54, 1.807) is 48.5 Å². The number of hydrogen-bond donors (Lipinski definition) is 0. The molecule has 0 unspecified atom stereocenters. The molecule has 4 nitrogen and oxygen atoms in total. The minimum Gasteiger partial charge on any atom is -0.497 e. The summed E-state index contributed by atoms with van der Waals surface area (Å²) < 4.78 is 60.1. The minimum atomic E-state index is -4.31. The van der Waals surface area contributed by atoms with Gasteiger partial charge in [-0.2, -0.15) is 4.39 Å². The van der Waals surface area contributed by atoms with E-state index in [0.29, 0.717) is 22.2 Å². The van der Waals surface area contributed by atoms with Crippen molar-refractivity contribution in [2.24, 2.45) is 0 Å². The van der Waals surface area contributed by atoms with Gasteiger partial charge in [0.05, 0.1) is 17.5 Å². The van der Waals surface area contributed by atoms with E-state index in [2.05, 4.69) is 4.98 Å². The van der Waals surface area contributed by atoms with Crippen LogP contribution < -0.4 is 4.74 Å². The van der Waals surface area contributed by atoms with E-state index in [1.165, 1.54) is 7.11 Å². The van der Waals surface area contributed by atoms with Crippen molar-refractivity contribution in [1.29, 1.82) is 0 Å². The minimum absolute atomic E-state index is 0.195. The van der Waals surface area contributed by atoms with Crippen LogP contribution in [-0.4, -0.2) is 20.5 Å². The molecule has 0 aliphatic carbocycles. The Kier molecular flexibility index (Phi) is 4.76. The maximum absolute atomic E-state index is 15.1. The Bertz CT molecular complexity index is 1300. The molecule has 0 saturated carbocycles. The van der Waals surface area contributed by atoms with Gasteiger partial charge in [0.15, 0.2) is 0 Å². The summed E-state index contributed by atoms with van der Waals surface area (Å²) in [4.78, 5) is 3.09. The maximum atomic E-state index is 15.1. The Hall–Kier alpha value is -3.32. The van der Waals surface area contributed by atoms with Crippen LogP contribution in [0.3, 0.4) is 0 Å². The average molecular weight is 411 g/mol. The molecule has 1 heterocycles. The average Bonchev–Trinajstić information content (AvgIpc) is 2.73. The van der Waals surface area contributed by atoms with Gasteiger partial charge in [0, 0.05) is 10.9 Å². The monoisotopic (exact) mass is 411 g/mol. The molecule has 0 N–H and O–H groups in total. The molecule has 0 radical (unpaired) electrons. The lowest BCUT2D eigenvalue weighted by atomic mass is 10.0. The zero-order chi connectivity index (χ0) is 20.6. The Morgan fingerprint density at radius 2 is 1.52 bits per heavy atom. The van der Waals surface area contributed by atoms with Crippen molar-refractivity contribution >= 4 is 20.7 Å². The lowest BCUT2D eigenvalue weighted by Gasteiger charge is -2.15. The first-order valence-electron chi connectivity index (χ1n) is 8.65. The molecular weight excluding hydrogens is 396 g/mol. The first kappa shape index (κ1) is 19.0. The predicted molar refractivity (Wildman–Crippen MR) is 106 cm³/mol. The van der Waals surface area contributed by atoms with E-state index in [1.807, 2.05) is 0 Å². The number of aromatic nitrogens is 1. The summed E-state index contributed by atoms with van der Waals surface area (Å²) in [5.41, 5.74) is 1.01. The van der Waals surface area contributed by atoms with Gasteiger partial charge in [-0.3, -0.25) is 0 Å². The van der Waals surface area contributed by atoms with Crippen LogP contribution >= 0.6 is 0 Å². The largest absolute Gasteiger partial charge is 0.497 e. The fraction of sp³-hybridized carbons (Fsp3) is 0.0455. The summed E-state index contributed by atoms with van der Waals surface area (Å²) in [5.74, 6) is -1.12. The molecule has 4 rings (SSSR count). The van der Waals surface area contributed by atoms with Crippen molar-refractivity contribution in [3.05, 3.63) is 84.6 Å². The van der Waals surface area contributed by atoms with Gasteiger partial charge in [0.25, 0.3) is 0 Å². The lowest BCUT2D eigenvalue weighted by molar-refractivity contribution is 0.415. The summed E-state index contributed by atoms with van der Waals surface area (Å²) >= 11 is 0. The number of fused-ring (bicyclic) bond motifs is 1. The molecule has 0 amide bonds. The van der Waals surface area contributed by atoms with Crippen molar-refractivity contribution in [3.8, 4) is 16.9 Å². The first-order chi connectivity index (χ1) is 13.9. The molecule has 0 fully saturated rings. The topological polar surface area (TPSA) is 56.3 Å². The second kappa shape index (κ2) is 7.25. The number of pyridine rings is 1. The quantitative estimate of drug-likeness (QED) is 0.349. The highest BCUT2D eigenvalue weighted by molar-refractivity contribution is 7.91. The summed E-state index contributed by atoms with van der Waals surface area (Å²) in [5, 5.41) is 0.486. The fourth-order valence-corrected chi connectivity index (χ4v) is 4.68. The zero-order valence-electron chi connectivity index (χ0n) is 15.3. The number of para-hydroxylation sites is 1. The molecule has 29 heavy (non-hydrogen) atoms. The van der Waals surface area contributed by atoms with E-state index in [-0.39, 0.29) is 10.5 Å². The summed E-state index contributed by atoms with van der Waals surface area (Å²) in [7, 11) is -2.79. The Labute approximate surface area is 166 Å². The van der Waals surface area contributed by atoms with Crippen molar-refractivity contribution in [2.75, 3.05) is 7.11 Å². The summed E-state index contributed by atoms with van der Waals surface area (Å²) in [6.07, 6.45) is 0. The number of methoxy groups -OCH3 is 1. The van der Waals surface area contributed by atoms with Crippen LogP contribution in [0, 0.1) is 11.8 Å². The van der Waals surface area contributed by atoms with Gasteiger partial charge in [-0.1, -0.05) is 30.3 Å². The number of halogens is 2. The zero-order valence-corrected chi connectivity index (χ0v) is 16.1. The Morgan fingerprint density at radius 1 is 0.862 bits per heavy atom. The van der Waals surface area contributed by atoms with Crippen LogP contribution in [0.5, 0.6) is 5.75 Å². The lowest BCUT2D eigenvalue weighted by Crippen LogP contribution is -2.09. The van der Waals surface area contributed by atoms with Crippen LogP contribution in [0.4, 0.5) is 8.78 Å².